The molecule has 0 radical (unpaired) electrons. The number of hydrogen-bond acceptors (Lipinski definition) is 7. The first kappa shape index (κ1) is 21.5. The Morgan fingerprint density at radius 3 is 2.53 bits per heavy atom. The van der Waals surface area contributed by atoms with Crippen LogP contribution in [0.1, 0.15) is 27.8 Å². The number of primary amides is 1. The zero-order chi connectivity index (χ0) is 22.7. The van der Waals surface area contributed by atoms with E-state index in [9.17, 15) is 14.4 Å². The highest BCUT2D eigenvalue weighted by Crippen LogP contribution is 2.27. The number of thiophene rings is 2. The zero-order valence-electron chi connectivity index (χ0n) is 16.8. The van der Waals surface area contributed by atoms with Crippen LogP contribution in [-0.2, 0) is 9.53 Å². The standard InChI is InChI=1S/C22H18N4O4S2/c1-13(20(28)24-21-15(19(23)27)9-11-32-21)30-22(29)17-12-16(18-8-5-10-31-18)25-26(17)14-6-3-2-4-7-14/h2-13H,1H3,(H2,23,27)(H,24,28). The molecule has 1 aromatic carbocycles. The van der Waals surface area contributed by atoms with Crippen LogP contribution in [0.5, 0.6) is 0 Å². The lowest BCUT2D eigenvalue weighted by Gasteiger charge is -2.14. The van der Waals surface area contributed by atoms with Crippen LogP contribution in [0.2, 0.25) is 0 Å². The number of benzene rings is 1. The van der Waals surface area contributed by atoms with Gasteiger partial charge in [-0.1, -0.05) is 24.3 Å². The van der Waals surface area contributed by atoms with Gasteiger partial charge in [-0.15, -0.1) is 22.7 Å². The molecule has 0 aliphatic rings. The van der Waals surface area contributed by atoms with E-state index in [4.69, 9.17) is 10.5 Å². The molecule has 3 heterocycles. The van der Waals surface area contributed by atoms with Crippen LogP contribution < -0.4 is 11.1 Å². The summed E-state index contributed by atoms with van der Waals surface area (Å²) in [6, 6.07) is 16.1. The minimum atomic E-state index is -1.12. The maximum absolute atomic E-state index is 13.0. The van der Waals surface area contributed by atoms with Gasteiger partial charge in [-0.2, -0.15) is 5.10 Å². The Bertz CT molecular complexity index is 1260. The molecule has 4 aromatic rings. The Morgan fingerprint density at radius 2 is 1.84 bits per heavy atom. The van der Waals surface area contributed by atoms with Gasteiger partial charge in [0.2, 0.25) is 0 Å². The van der Waals surface area contributed by atoms with Gasteiger partial charge in [0, 0.05) is 6.07 Å². The van der Waals surface area contributed by atoms with Crippen molar-refractivity contribution < 1.29 is 19.1 Å². The van der Waals surface area contributed by atoms with Crippen LogP contribution in [0.25, 0.3) is 16.3 Å². The molecule has 0 fully saturated rings. The molecule has 0 bridgehead atoms. The summed E-state index contributed by atoms with van der Waals surface area (Å²) in [6.07, 6.45) is -1.12. The molecule has 10 heteroatoms. The van der Waals surface area contributed by atoms with Crippen molar-refractivity contribution in [2.24, 2.45) is 5.73 Å². The van der Waals surface area contributed by atoms with Crippen molar-refractivity contribution in [1.29, 1.82) is 0 Å². The lowest BCUT2D eigenvalue weighted by molar-refractivity contribution is -0.123. The van der Waals surface area contributed by atoms with E-state index in [0.29, 0.717) is 16.4 Å². The van der Waals surface area contributed by atoms with Crippen LogP contribution in [0.15, 0.2) is 65.4 Å². The molecule has 0 saturated heterocycles. The molecule has 1 unspecified atom stereocenters. The second-order valence-electron chi connectivity index (χ2n) is 6.70. The van der Waals surface area contributed by atoms with E-state index in [1.165, 1.54) is 29.0 Å². The normalized spacial score (nSPS) is 11.7. The summed E-state index contributed by atoms with van der Waals surface area (Å²) in [5.74, 6) is -1.93. The van der Waals surface area contributed by atoms with Crippen LogP contribution in [0.3, 0.4) is 0 Å². The summed E-state index contributed by atoms with van der Waals surface area (Å²) >= 11 is 2.66. The highest BCUT2D eigenvalue weighted by atomic mass is 32.1. The highest BCUT2D eigenvalue weighted by Gasteiger charge is 2.25. The summed E-state index contributed by atoms with van der Waals surface area (Å²) in [4.78, 5) is 37.9. The number of esters is 1. The first-order valence-corrected chi connectivity index (χ1v) is 11.3. The van der Waals surface area contributed by atoms with E-state index in [1.54, 1.807) is 11.4 Å². The molecular weight excluding hydrogens is 448 g/mol. The molecule has 8 nitrogen and oxygen atoms in total. The minimum absolute atomic E-state index is 0.188. The Morgan fingerprint density at radius 1 is 1.06 bits per heavy atom. The van der Waals surface area contributed by atoms with Gasteiger partial charge in [-0.3, -0.25) is 9.59 Å². The minimum Gasteiger partial charge on any atom is -0.448 e. The van der Waals surface area contributed by atoms with Crippen molar-refractivity contribution >= 4 is 45.5 Å². The van der Waals surface area contributed by atoms with Gasteiger partial charge in [0.15, 0.2) is 11.8 Å². The smallest absolute Gasteiger partial charge is 0.357 e. The molecule has 3 N–H and O–H groups in total. The number of para-hydroxylation sites is 1. The van der Waals surface area contributed by atoms with Gasteiger partial charge >= 0.3 is 5.97 Å². The van der Waals surface area contributed by atoms with Crippen LogP contribution >= 0.6 is 22.7 Å². The number of rotatable bonds is 7. The fraction of sp³-hybridized carbons (Fsp3) is 0.0909. The first-order chi connectivity index (χ1) is 15.4. The van der Waals surface area contributed by atoms with Crippen molar-refractivity contribution in [2.45, 2.75) is 13.0 Å². The van der Waals surface area contributed by atoms with Crippen molar-refractivity contribution in [3.05, 3.63) is 76.6 Å². The molecular formula is C22H18N4O4S2. The number of carbonyl (C=O) groups excluding carboxylic acids is 3. The Balaban J connectivity index is 1.56. The first-order valence-electron chi connectivity index (χ1n) is 9.52. The number of nitrogens with one attached hydrogen (secondary N) is 1. The Kier molecular flexibility index (Phi) is 6.15. The number of hydrogen-bond donors (Lipinski definition) is 2. The van der Waals surface area contributed by atoms with Crippen molar-refractivity contribution in [3.63, 3.8) is 0 Å². The third-order valence-electron chi connectivity index (χ3n) is 4.51. The van der Waals surface area contributed by atoms with Gasteiger partial charge in [-0.05, 0) is 41.9 Å². The Hall–Kier alpha value is -3.76. The second kappa shape index (κ2) is 9.16. The molecule has 0 saturated carbocycles. The summed E-state index contributed by atoms with van der Waals surface area (Å²) < 4.78 is 6.91. The molecule has 0 aliphatic heterocycles. The molecule has 162 valence electrons. The number of aromatic nitrogens is 2. The molecule has 0 aliphatic carbocycles. The van der Waals surface area contributed by atoms with E-state index in [-0.39, 0.29) is 11.3 Å². The largest absolute Gasteiger partial charge is 0.448 e. The van der Waals surface area contributed by atoms with Crippen LogP contribution in [0, 0.1) is 0 Å². The van der Waals surface area contributed by atoms with E-state index in [0.717, 1.165) is 16.2 Å². The highest BCUT2D eigenvalue weighted by molar-refractivity contribution is 7.14. The van der Waals surface area contributed by atoms with Crippen molar-refractivity contribution in [2.75, 3.05) is 5.32 Å². The second-order valence-corrected chi connectivity index (χ2v) is 8.57. The summed E-state index contributed by atoms with van der Waals surface area (Å²) in [6.45, 7) is 1.45. The topological polar surface area (TPSA) is 116 Å². The fourth-order valence-electron chi connectivity index (χ4n) is 2.93. The van der Waals surface area contributed by atoms with Gasteiger partial charge < -0.3 is 15.8 Å². The average Bonchev–Trinajstić information content (AvgIpc) is 3.53. The van der Waals surface area contributed by atoms with Gasteiger partial charge in [-0.25, -0.2) is 9.48 Å². The fourth-order valence-corrected chi connectivity index (χ4v) is 4.40. The number of nitrogens with zero attached hydrogens (tertiary/aromatic N) is 2. The number of carbonyl (C=O) groups is 3. The quantitative estimate of drug-likeness (QED) is 0.400. The predicted octanol–water partition coefficient (Wildman–Crippen LogP) is 3.95. The van der Waals surface area contributed by atoms with E-state index in [2.05, 4.69) is 10.4 Å². The van der Waals surface area contributed by atoms with Crippen molar-refractivity contribution in [3.8, 4) is 16.3 Å². The predicted molar refractivity (Wildman–Crippen MR) is 123 cm³/mol. The van der Waals surface area contributed by atoms with Gasteiger partial charge in [0.05, 0.1) is 16.1 Å². The number of anilines is 1. The van der Waals surface area contributed by atoms with Crippen molar-refractivity contribution in [1.82, 2.24) is 9.78 Å². The third kappa shape index (κ3) is 4.46. The molecule has 4 rings (SSSR count). The summed E-state index contributed by atoms with van der Waals surface area (Å²) in [7, 11) is 0. The van der Waals surface area contributed by atoms with E-state index >= 15 is 0 Å². The molecule has 1 atom stereocenters. The zero-order valence-corrected chi connectivity index (χ0v) is 18.5. The van der Waals surface area contributed by atoms with Crippen LogP contribution in [0.4, 0.5) is 5.00 Å². The van der Waals surface area contributed by atoms with Crippen LogP contribution in [-0.4, -0.2) is 33.7 Å². The van der Waals surface area contributed by atoms with E-state index in [1.807, 2.05) is 47.8 Å². The number of amides is 2. The third-order valence-corrected chi connectivity index (χ3v) is 6.24. The monoisotopic (exact) mass is 466 g/mol. The lowest BCUT2D eigenvalue weighted by Crippen LogP contribution is -2.31. The molecule has 32 heavy (non-hydrogen) atoms. The molecule has 0 spiro atoms. The molecule has 2 amide bonds. The number of ether oxygens (including phenoxy) is 1. The number of nitrogens with two attached hydrogens (primary N) is 1. The maximum Gasteiger partial charge on any atom is 0.357 e. The Labute approximate surface area is 191 Å². The SMILES string of the molecule is CC(OC(=O)c1cc(-c2cccs2)nn1-c1ccccc1)C(=O)Nc1sccc1C(N)=O. The van der Waals surface area contributed by atoms with Gasteiger partial charge in [0.25, 0.3) is 11.8 Å². The van der Waals surface area contributed by atoms with E-state index < -0.39 is 23.9 Å². The maximum atomic E-state index is 13.0. The molecule has 3 aromatic heterocycles. The summed E-state index contributed by atoms with van der Waals surface area (Å²) in [5.41, 5.74) is 7.00. The lowest BCUT2D eigenvalue weighted by atomic mass is 10.3. The average molecular weight is 467 g/mol. The summed E-state index contributed by atoms with van der Waals surface area (Å²) in [5, 5.41) is 11.0. The van der Waals surface area contributed by atoms with Gasteiger partial charge in [0.1, 0.15) is 10.7 Å².